The van der Waals surface area contributed by atoms with E-state index < -0.39 is 11.7 Å². The molecular formula is C17H14FN3O2. The minimum absolute atomic E-state index is 0.0191. The van der Waals surface area contributed by atoms with Crippen molar-refractivity contribution in [3.8, 4) is 0 Å². The SMILES string of the molecule is O=C(Nc1ccc(NCc2ccco2)cn1)c1ccccc1F. The van der Waals surface area contributed by atoms with Crippen molar-refractivity contribution in [2.45, 2.75) is 6.54 Å². The summed E-state index contributed by atoms with van der Waals surface area (Å²) in [5.74, 6) is 0.0531. The Bertz CT molecular complexity index is 786. The normalized spacial score (nSPS) is 10.3. The zero-order valence-electron chi connectivity index (χ0n) is 12.1. The van der Waals surface area contributed by atoms with Crippen molar-refractivity contribution in [3.63, 3.8) is 0 Å². The summed E-state index contributed by atoms with van der Waals surface area (Å²) in [5.41, 5.74) is 0.764. The lowest BCUT2D eigenvalue weighted by atomic mass is 10.2. The summed E-state index contributed by atoms with van der Waals surface area (Å²) >= 11 is 0. The Labute approximate surface area is 132 Å². The maximum absolute atomic E-state index is 13.5. The van der Waals surface area contributed by atoms with Gasteiger partial charge in [0.2, 0.25) is 0 Å². The highest BCUT2D eigenvalue weighted by Gasteiger charge is 2.11. The number of carbonyl (C=O) groups is 1. The monoisotopic (exact) mass is 311 g/mol. The quantitative estimate of drug-likeness (QED) is 0.754. The molecule has 0 unspecified atom stereocenters. The van der Waals surface area contributed by atoms with Crippen molar-refractivity contribution >= 4 is 17.4 Å². The Morgan fingerprint density at radius 2 is 2.00 bits per heavy atom. The van der Waals surface area contributed by atoms with Crippen LogP contribution in [0.5, 0.6) is 0 Å². The molecule has 0 aliphatic rings. The molecule has 2 N–H and O–H groups in total. The van der Waals surface area contributed by atoms with Gasteiger partial charge < -0.3 is 15.1 Å². The minimum Gasteiger partial charge on any atom is -0.467 e. The van der Waals surface area contributed by atoms with Gasteiger partial charge in [-0.25, -0.2) is 9.37 Å². The van der Waals surface area contributed by atoms with Gasteiger partial charge in [0.15, 0.2) is 0 Å². The van der Waals surface area contributed by atoms with Crippen LogP contribution < -0.4 is 10.6 Å². The average molecular weight is 311 g/mol. The maximum Gasteiger partial charge on any atom is 0.259 e. The summed E-state index contributed by atoms with van der Waals surface area (Å²) in [7, 11) is 0. The highest BCUT2D eigenvalue weighted by Crippen LogP contribution is 2.13. The molecule has 1 amide bonds. The highest BCUT2D eigenvalue weighted by atomic mass is 19.1. The lowest BCUT2D eigenvalue weighted by Gasteiger charge is -2.07. The largest absolute Gasteiger partial charge is 0.467 e. The summed E-state index contributed by atoms with van der Waals surface area (Å²) in [6.45, 7) is 0.537. The van der Waals surface area contributed by atoms with Gasteiger partial charge in [0.05, 0.1) is 30.3 Å². The van der Waals surface area contributed by atoms with Crippen LogP contribution in [-0.2, 0) is 6.54 Å². The molecule has 0 fully saturated rings. The van der Waals surface area contributed by atoms with E-state index in [0.717, 1.165) is 11.4 Å². The zero-order chi connectivity index (χ0) is 16.1. The molecule has 2 heterocycles. The number of amides is 1. The van der Waals surface area contributed by atoms with E-state index in [0.29, 0.717) is 12.4 Å². The summed E-state index contributed by atoms with van der Waals surface area (Å²) in [6.07, 6.45) is 3.19. The fourth-order valence-electron chi connectivity index (χ4n) is 2.00. The second-order valence-electron chi connectivity index (χ2n) is 4.80. The third-order valence-corrected chi connectivity index (χ3v) is 3.17. The number of hydrogen-bond acceptors (Lipinski definition) is 4. The summed E-state index contributed by atoms with van der Waals surface area (Å²) < 4.78 is 18.8. The maximum atomic E-state index is 13.5. The third-order valence-electron chi connectivity index (χ3n) is 3.17. The zero-order valence-corrected chi connectivity index (χ0v) is 12.1. The number of nitrogens with zero attached hydrogens (tertiary/aromatic N) is 1. The van der Waals surface area contributed by atoms with E-state index >= 15 is 0 Å². The Balaban J connectivity index is 1.61. The number of nitrogens with one attached hydrogen (secondary N) is 2. The van der Waals surface area contributed by atoms with Crippen LogP contribution in [0, 0.1) is 5.82 Å². The molecule has 2 aromatic heterocycles. The molecular weight excluding hydrogens is 297 g/mol. The van der Waals surface area contributed by atoms with Crippen LogP contribution in [0.25, 0.3) is 0 Å². The molecule has 1 aromatic carbocycles. The summed E-state index contributed by atoms with van der Waals surface area (Å²) in [4.78, 5) is 16.1. The van der Waals surface area contributed by atoms with Crippen molar-refractivity contribution in [1.29, 1.82) is 0 Å². The Morgan fingerprint density at radius 1 is 1.13 bits per heavy atom. The smallest absolute Gasteiger partial charge is 0.259 e. The van der Waals surface area contributed by atoms with Gasteiger partial charge in [0, 0.05) is 0 Å². The van der Waals surface area contributed by atoms with E-state index in [2.05, 4.69) is 15.6 Å². The number of furan rings is 1. The third kappa shape index (κ3) is 3.74. The fourth-order valence-corrected chi connectivity index (χ4v) is 2.00. The van der Waals surface area contributed by atoms with Gasteiger partial charge >= 0.3 is 0 Å². The van der Waals surface area contributed by atoms with Gasteiger partial charge in [-0.05, 0) is 36.4 Å². The summed E-state index contributed by atoms with van der Waals surface area (Å²) in [6, 6.07) is 12.9. The van der Waals surface area contributed by atoms with Crippen molar-refractivity contribution in [3.05, 3.63) is 78.1 Å². The van der Waals surface area contributed by atoms with Gasteiger partial charge in [0.1, 0.15) is 17.4 Å². The number of hydrogen-bond donors (Lipinski definition) is 2. The first-order valence-electron chi connectivity index (χ1n) is 7.00. The first-order chi connectivity index (χ1) is 11.2. The van der Waals surface area contributed by atoms with Crippen LogP contribution >= 0.6 is 0 Å². The molecule has 3 rings (SSSR count). The molecule has 0 radical (unpaired) electrons. The van der Waals surface area contributed by atoms with E-state index in [1.807, 2.05) is 12.1 Å². The molecule has 23 heavy (non-hydrogen) atoms. The van der Waals surface area contributed by atoms with Gasteiger partial charge in [-0.1, -0.05) is 12.1 Å². The molecule has 116 valence electrons. The van der Waals surface area contributed by atoms with Crippen molar-refractivity contribution in [2.24, 2.45) is 0 Å². The number of pyridine rings is 1. The van der Waals surface area contributed by atoms with Crippen LogP contribution in [0.15, 0.2) is 65.4 Å². The standard InChI is InChI=1S/C17H14FN3O2/c18-15-6-2-1-5-14(15)17(22)21-16-8-7-12(10-20-16)19-11-13-4-3-9-23-13/h1-10,19H,11H2,(H,20,21,22). The molecule has 0 saturated carbocycles. The van der Waals surface area contributed by atoms with Crippen LogP contribution in [0.2, 0.25) is 0 Å². The molecule has 0 bridgehead atoms. The lowest BCUT2D eigenvalue weighted by Crippen LogP contribution is -2.14. The Kier molecular flexibility index (Phi) is 4.33. The van der Waals surface area contributed by atoms with Crippen molar-refractivity contribution < 1.29 is 13.6 Å². The van der Waals surface area contributed by atoms with Crippen LogP contribution in [0.3, 0.4) is 0 Å². The fraction of sp³-hybridized carbons (Fsp3) is 0.0588. The van der Waals surface area contributed by atoms with Gasteiger partial charge in [-0.2, -0.15) is 0 Å². The number of carbonyl (C=O) groups excluding carboxylic acids is 1. The second-order valence-corrected chi connectivity index (χ2v) is 4.80. The number of halogens is 1. The van der Waals surface area contributed by atoms with Crippen LogP contribution in [-0.4, -0.2) is 10.9 Å². The lowest BCUT2D eigenvalue weighted by molar-refractivity contribution is 0.102. The number of aromatic nitrogens is 1. The predicted molar refractivity (Wildman–Crippen MR) is 84.6 cm³/mol. The van der Waals surface area contributed by atoms with Crippen LogP contribution in [0.4, 0.5) is 15.9 Å². The van der Waals surface area contributed by atoms with E-state index in [1.54, 1.807) is 30.7 Å². The van der Waals surface area contributed by atoms with E-state index in [4.69, 9.17) is 4.42 Å². The molecule has 0 aliphatic carbocycles. The molecule has 0 saturated heterocycles. The van der Waals surface area contributed by atoms with Gasteiger partial charge in [0.25, 0.3) is 5.91 Å². The first kappa shape index (κ1) is 14.8. The predicted octanol–water partition coefficient (Wildman–Crippen LogP) is 3.68. The van der Waals surface area contributed by atoms with E-state index in [9.17, 15) is 9.18 Å². The topological polar surface area (TPSA) is 67.2 Å². The van der Waals surface area contributed by atoms with Gasteiger partial charge in [-0.15, -0.1) is 0 Å². The molecule has 6 heteroatoms. The molecule has 0 atom stereocenters. The average Bonchev–Trinajstić information content (AvgIpc) is 3.08. The molecule has 0 aliphatic heterocycles. The summed E-state index contributed by atoms with van der Waals surface area (Å²) in [5, 5.41) is 5.70. The Morgan fingerprint density at radius 3 is 2.70 bits per heavy atom. The number of anilines is 2. The minimum atomic E-state index is -0.568. The van der Waals surface area contributed by atoms with E-state index in [1.165, 1.54) is 18.2 Å². The van der Waals surface area contributed by atoms with Crippen molar-refractivity contribution in [2.75, 3.05) is 10.6 Å². The molecule has 3 aromatic rings. The number of benzene rings is 1. The highest BCUT2D eigenvalue weighted by molar-refractivity contribution is 6.03. The van der Waals surface area contributed by atoms with Gasteiger partial charge in [-0.3, -0.25) is 4.79 Å². The molecule has 5 nitrogen and oxygen atoms in total. The first-order valence-corrected chi connectivity index (χ1v) is 7.00. The second kappa shape index (κ2) is 6.74. The number of rotatable bonds is 5. The Hall–Kier alpha value is -3.15. The molecule has 0 spiro atoms. The van der Waals surface area contributed by atoms with Crippen molar-refractivity contribution in [1.82, 2.24) is 4.98 Å². The van der Waals surface area contributed by atoms with Crippen LogP contribution in [0.1, 0.15) is 16.1 Å². The van der Waals surface area contributed by atoms with E-state index in [-0.39, 0.29) is 5.56 Å².